The van der Waals surface area contributed by atoms with Crippen molar-refractivity contribution in [2.24, 2.45) is 0 Å². The summed E-state index contributed by atoms with van der Waals surface area (Å²) in [4.78, 5) is 11.2. The molecule has 0 fully saturated rings. The molecular formula is C10H7F2N3O. The molecule has 0 radical (unpaired) electrons. The van der Waals surface area contributed by atoms with Gasteiger partial charge in [-0.2, -0.15) is 0 Å². The summed E-state index contributed by atoms with van der Waals surface area (Å²) in [7, 11) is 0. The lowest BCUT2D eigenvalue weighted by molar-refractivity contribution is 0.101. The highest BCUT2D eigenvalue weighted by Crippen LogP contribution is 2.15. The fraction of sp³-hybridized carbons (Fsp3) is 0.100. The maximum atomic E-state index is 13.4. The van der Waals surface area contributed by atoms with Crippen LogP contribution in [-0.2, 0) is 0 Å². The number of benzene rings is 1. The van der Waals surface area contributed by atoms with Crippen molar-refractivity contribution in [1.29, 1.82) is 0 Å². The summed E-state index contributed by atoms with van der Waals surface area (Å²) in [5.74, 6) is -1.78. The molecule has 0 N–H and O–H groups in total. The van der Waals surface area contributed by atoms with Gasteiger partial charge >= 0.3 is 0 Å². The lowest BCUT2D eigenvalue weighted by atomic mass is 10.2. The number of rotatable bonds is 2. The van der Waals surface area contributed by atoms with Crippen molar-refractivity contribution in [1.82, 2.24) is 15.0 Å². The zero-order valence-electron chi connectivity index (χ0n) is 8.32. The molecule has 2 aromatic rings. The number of halogens is 2. The predicted octanol–water partition coefficient (Wildman–Crippen LogP) is 1.75. The molecule has 1 aromatic heterocycles. The molecule has 0 aliphatic heterocycles. The van der Waals surface area contributed by atoms with Gasteiger partial charge in [0.05, 0.1) is 6.20 Å². The highest BCUT2D eigenvalue weighted by molar-refractivity contribution is 5.92. The van der Waals surface area contributed by atoms with Gasteiger partial charge in [0.25, 0.3) is 0 Å². The second-order valence-electron chi connectivity index (χ2n) is 3.18. The van der Waals surface area contributed by atoms with Crippen LogP contribution < -0.4 is 0 Å². The number of carbonyl (C=O) groups excluding carboxylic acids is 1. The highest BCUT2D eigenvalue weighted by atomic mass is 19.1. The van der Waals surface area contributed by atoms with E-state index in [1.165, 1.54) is 19.2 Å². The zero-order valence-corrected chi connectivity index (χ0v) is 8.32. The molecule has 0 bridgehead atoms. The first-order valence-electron chi connectivity index (χ1n) is 4.46. The van der Waals surface area contributed by atoms with Crippen LogP contribution >= 0.6 is 0 Å². The maximum Gasteiger partial charge on any atom is 0.179 e. The minimum Gasteiger partial charge on any atom is -0.293 e. The lowest BCUT2D eigenvalue weighted by Gasteiger charge is -2.04. The first-order chi connectivity index (χ1) is 7.59. The van der Waals surface area contributed by atoms with E-state index in [9.17, 15) is 13.6 Å². The van der Waals surface area contributed by atoms with Crippen molar-refractivity contribution < 1.29 is 13.6 Å². The molecule has 1 aromatic carbocycles. The minimum atomic E-state index is -0.798. The van der Waals surface area contributed by atoms with E-state index in [0.29, 0.717) is 0 Å². The van der Waals surface area contributed by atoms with Gasteiger partial charge in [0, 0.05) is 13.0 Å². The van der Waals surface area contributed by atoms with E-state index in [1.54, 1.807) is 0 Å². The van der Waals surface area contributed by atoms with E-state index in [2.05, 4.69) is 10.3 Å². The number of Topliss-reactive ketones (excluding diaryl/α,β-unsaturated/α-hetero) is 1. The first-order valence-corrected chi connectivity index (χ1v) is 4.46. The fourth-order valence-electron chi connectivity index (χ4n) is 1.31. The van der Waals surface area contributed by atoms with Crippen molar-refractivity contribution in [3.8, 4) is 5.69 Å². The van der Waals surface area contributed by atoms with Gasteiger partial charge in [0.2, 0.25) is 0 Å². The van der Waals surface area contributed by atoms with Crippen LogP contribution in [0.1, 0.15) is 17.4 Å². The minimum absolute atomic E-state index is 0.0101. The molecule has 0 saturated carbocycles. The van der Waals surface area contributed by atoms with E-state index in [4.69, 9.17) is 0 Å². The highest BCUT2D eigenvalue weighted by Gasteiger charge is 2.14. The molecule has 0 atom stereocenters. The van der Waals surface area contributed by atoms with E-state index in [1.807, 2.05) is 0 Å². The standard InChI is InChI=1S/C10H7F2N3O/c1-6(16)10-5-13-14-15(10)9-3-2-7(11)4-8(9)12/h2-5H,1H3. The number of nitrogens with zero attached hydrogens (tertiary/aromatic N) is 3. The summed E-state index contributed by atoms with van der Waals surface area (Å²) in [5.41, 5.74) is 0.134. The Hall–Kier alpha value is -2.11. The summed E-state index contributed by atoms with van der Waals surface area (Å²) in [6.07, 6.45) is 1.23. The molecule has 2 rings (SSSR count). The van der Waals surface area contributed by atoms with Crippen molar-refractivity contribution in [3.05, 3.63) is 41.7 Å². The molecule has 0 aliphatic carbocycles. The van der Waals surface area contributed by atoms with E-state index >= 15 is 0 Å². The fourth-order valence-corrected chi connectivity index (χ4v) is 1.31. The van der Waals surface area contributed by atoms with Crippen LogP contribution in [0.25, 0.3) is 5.69 Å². The Kier molecular flexibility index (Phi) is 2.47. The largest absolute Gasteiger partial charge is 0.293 e. The smallest absolute Gasteiger partial charge is 0.179 e. The molecule has 1 heterocycles. The molecular weight excluding hydrogens is 216 g/mol. The molecule has 0 amide bonds. The number of hydrogen-bond donors (Lipinski definition) is 0. The number of aromatic nitrogens is 3. The maximum absolute atomic E-state index is 13.4. The van der Waals surface area contributed by atoms with Gasteiger partial charge in [-0.05, 0) is 12.1 Å². The normalized spacial score (nSPS) is 10.4. The molecule has 0 unspecified atom stereocenters. The average molecular weight is 223 g/mol. The van der Waals surface area contributed by atoms with E-state index in [0.717, 1.165) is 16.8 Å². The van der Waals surface area contributed by atoms with Gasteiger partial charge in [0.1, 0.15) is 17.2 Å². The van der Waals surface area contributed by atoms with Crippen molar-refractivity contribution in [2.75, 3.05) is 0 Å². The molecule has 0 saturated heterocycles. The predicted molar refractivity (Wildman–Crippen MR) is 51.3 cm³/mol. The number of ketones is 1. The topological polar surface area (TPSA) is 47.8 Å². The van der Waals surface area contributed by atoms with Crippen molar-refractivity contribution in [2.45, 2.75) is 6.92 Å². The number of carbonyl (C=O) groups is 1. The Balaban J connectivity index is 2.59. The third kappa shape index (κ3) is 1.69. The van der Waals surface area contributed by atoms with Gasteiger partial charge in [-0.3, -0.25) is 4.79 Å². The van der Waals surface area contributed by atoms with Gasteiger partial charge in [0.15, 0.2) is 11.6 Å². The van der Waals surface area contributed by atoms with Crippen molar-refractivity contribution >= 4 is 5.78 Å². The molecule has 0 spiro atoms. The van der Waals surface area contributed by atoms with Gasteiger partial charge in [-0.1, -0.05) is 5.21 Å². The van der Waals surface area contributed by atoms with Crippen LogP contribution in [0.3, 0.4) is 0 Å². The average Bonchev–Trinajstić information content (AvgIpc) is 2.66. The zero-order chi connectivity index (χ0) is 11.7. The third-order valence-corrected chi connectivity index (χ3v) is 2.05. The second-order valence-corrected chi connectivity index (χ2v) is 3.18. The lowest BCUT2D eigenvalue weighted by Crippen LogP contribution is -2.08. The quantitative estimate of drug-likeness (QED) is 0.728. The molecule has 6 heteroatoms. The Bertz CT molecular complexity index is 551. The summed E-state index contributed by atoms with van der Waals surface area (Å²) in [6.45, 7) is 1.32. The second kappa shape index (κ2) is 3.80. The SMILES string of the molecule is CC(=O)c1cnnn1-c1ccc(F)cc1F. The van der Waals surface area contributed by atoms with Gasteiger partial charge < -0.3 is 0 Å². The summed E-state index contributed by atoms with van der Waals surface area (Å²) >= 11 is 0. The molecule has 82 valence electrons. The first kappa shape index (κ1) is 10.4. The van der Waals surface area contributed by atoms with E-state index < -0.39 is 11.6 Å². The Morgan fingerprint density at radius 1 is 1.38 bits per heavy atom. The molecule has 0 aliphatic rings. The summed E-state index contributed by atoms with van der Waals surface area (Å²) in [5, 5.41) is 7.10. The van der Waals surface area contributed by atoms with Crippen LogP contribution in [0.5, 0.6) is 0 Å². The van der Waals surface area contributed by atoms with Crippen molar-refractivity contribution in [3.63, 3.8) is 0 Å². The van der Waals surface area contributed by atoms with Crippen LogP contribution in [-0.4, -0.2) is 20.8 Å². The monoisotopic (exact) mass is 223 g/mol. The van der Waals surface area contributed by atoms with E-state index in [-0.39, 0.29) is 17.2 Å². The van der Waals surface area contributed by atoms with Gasteiger partial charge in [-0.15, -0.1) is 5.10 Å². The van der Waals surface area contributed by atoms with Gasteiger partial charge in [-0.25, -0.2) is 13.5 Å². The summed E-state index contributed by atoms with van der Waals surface area (Å²) in [6, 6.07) is 3.01. The van der Waals surface area contributed by atoms with Crippen LogP contribution in [0.4, 0.5) is 8.78 Å². The molecule has 4 nitrogen and oxygen atoms in total. The van der Waals surface area contributed by atoms with Crippen LogP contribution in [0.2, 0.25) is 0 Å². The number of hydrogen-bond acceptors (Lipinski definition) is 3. The Morgan fingerprint density at radius 3 is 2.75 bits per heavy atom. The Morgan fingerprint density at radius 2 is 2.12 bits per heavy atom. The summed E-state index contributed by atoms with van der Waals surface area (Å²) < 4.78 is 27.2. The Labute approximate surface area is 89.5 Å². The molecule has 16 heavy (non-hydrogen) atoms. The van der Waals surface area contributed by atoms with Crippen LogP contribution in [0, 0.1) is 11.6 Å². The van der Waals surface area contributed by atoms with Crippen LogP contribution in [0.15, 0.2) is 24.4 Å². The third-order valence-electron chi connectivity index (χ3n) is 2.05.